The molecule has 0 spiro atoms. The van der Waals surface area contributed by atoms with Gasteiger partial charge in [-0.2, -0.15) is 0 Å². The highest BCUT2D eigenvalue weighted by atomic mass is 32.2. The third-order valence-corrected chi connectivity index (χ3v) is 8.66. The molecule has 36 heavy (non-hydrogen) atoms. The Morgan fingerprint density at radius 1 is 1.08 bits per heavy atom. The zero-order chi connectivity index (χ0) is 25.3. The molecule has 2 aliphatic heterocycles. The number of benzene rings is 2. The van der Waals surface area contributed by atoms with E-state index in [4.69, 9.17) is 9.47 Å². The van der Waals surface area contributed by atoms with Gasteiger partial charge in [0.05, 0.1) is 24.0 Å². The second-order valence-corrected chi connectivity index (χ2v) is 11.5. The lowest BCUT2D eigenvalue weighted by Crippen LogP contribution is -2.48. The number of amides is 1. The number of sulfonamides is 1. The van der Waals surface area contributed by atoms with Gasteiger partial charge >= 0.3 is 0 Å². The van der Waals surface area contributed by atoms with E-state index >= 15 is 0 Å². The van der Waals surface area contributed by atoms with Gasteiger partial charge in [-0.1, -0.05) is 19.3 Å². The minimum Gasteiger partial charge on any atom is -0.487 e. The first-order chi connectivity index (χ1) is 17.3. The fraction of sp³-hybridized carbons (Fsp3) is 0.500. The molecule has 1 amide bonds. The van der Waals surface area contributed by atoms with Gasteiger partial charge in [0.25, 0.3) is 10.0 Å². The van der Waals surface area contributed by atoms with Crippen LogP contribution in [-0.2, 0) is 19.6 Å². The van der Waals surface area contributed by atoms with Crippen LogP contribution in [0.15, 0.2) is 47.4 Å². The molecule has 8 nitrogen and oxygen atoms in total. The molecule has 0 bridgehead atoms. The van der Waals surface area contributed by atoms with E-state index in [1.165, 1.54) is 18.6 Å². The molecule has 4 atom stereocenters. The summed E-state index contributed by atoms with van der Waals surface area (Å²) < 4.78 is 53.4. The van der Waals surface area contributed by atoms with E-state index < -0.39 is 28.0 Å². The smallest absolute Gasteiger partial charge is 0.261 e. The van der Waals surface area contributed by atoms with Crippen molar-refractivity contribution in [2.45, 2.75) is 80.1 Å². The predicted octanol–water partition coefficient (Wildman–Crippen LogP) is 3.46. The predicted molar refractivity (Wildman–Crippen MR) is 131 cm³/mol. The van der Waals surface area contributed by atoms with Crippen molar-refractivity contribution in [1.82, 2.24) is 5.32 Å². The first kappa shape index (κ1) is 25.0. The molecule has 3 aliphatic rings. The highest BCUT2D eigenvalue weighted by Gasteiger charge is 2.46. The van der Waals surface area contributed by atoms with E-state index in [1.807, 2.05) is 0 Å². The van der Waals surface area contributed by atoms with Crippen molar-refractivity contribution in [3.8, 4) is 5.75 Å². The number of halogens is 1. The molecule has 3 N–H and O–H groups in total. The lowest BCUT2D eigenvalue weighted by atomic mass is 9.84. The zero-order valence-electron chi connectivity index (χ0n) is 19.9. The standard InChI is InChI=1S/C26H31FN2O6S/c27-16-6-9-20(10-7-16)36(32,33)29-18-8-11-23-21(12-18)22-13-19(34-24(15-30)26(22)35-23)14-25(31)28-17-4-2-1-3-5-17/h6-12,17,19,22,24,26,29-30H,1-5,13-15H2,(H,28,31)/t19-,22+,24+,26-/m1/s1. The average molecular weight is 519 g/mol. The molecular weight excluding hydrogens is 487 g/mol. The van der Waals surface area contributed by atoms with Crippen molar-refractivity contribution < 1.29 is 32.2 Å². The van der Waals surface area contributed by atoms with Gasteiger partial charge in [0.1, 0.15) is 23.8 Å². The number of rotatable bonds is 7. The quantitative estimate of drug-likeness (QED) is 0.517. The molecule has 2 aromatic carbocycles. The normalized spacial score (nSPS) is 25.9. The first-order valence-corrected chi connectivity index (χ1v) is 14.0. The second-order valence-electron chi connectivity index (χ2n) is 9.82. The van der Waals surface area contributed by atoms with Gasteiger partial charge in [0, 0.05) is 23.2 Å². The summed E-state index contributed by atoms with van der Waals surface area (Å²) in [5, 5.41) is 13.1. The van der Waals surface area contributed by atoms with Gasteiger partial charge in [-0.15, -0.1) is 0 Å². The first-order valence-electron chi connectivity index (χ1n) is 12.5. The molecule has 10 heteroatoms. The van der Waals surface area contributed by atoms with Crippen LogP contribution in [0.1, 0.15) is 56.4 Å². The molecular formula is C26H31FN2O6S. The topological polar surface area (TPSA) is 114 Å². The third kappa shape index (κ3) is 5.35. The van der Waals surface area contributed by atoms with Gasteiger partial charge in [-0.3, -0.25) is 9.52 Å². The monoisotopic (exact) mass is 518 g/mol. The van der Waals surface area contributed by atoms with Crippen LogP contribution in [0.3, 0.4) is 0 Å². The Balaban J connectivity index is 1.30. The van der Waals surface area contributed by atoms with E-state index in [0.717, 1.165) is 43.4 Å². The Morgan fingerprint density at radius 2 is 1.83 bits per heavy atom. The Morgan fingerprint density at radius 3 is 2.56 bits per heavy atom. The SMILES string of the molecule is O=C(C[C@H]1C[C@H]2c3cc(NS(=O)(=O)c4ccc(F)cc4)ccc3O[C@H]2[C@H](CO)O1)NC1CCCCC1. The summed E-state index contributed by atoms with van der Waals surface area (Å²) in [7, 11) is -3.91. The Labute approximate surface area is 210 Å². The van der Waals surface area contributed by atoms with E-state index in [0.29, 0.717) is 17.9 Å². The largest absolute Gasteiger partial charge is 0.487 e. The second kappa shape index (κ2) is 10.4. The van der Waals surface area contributed by atoms with Gasteiger partial charge in [-0.05, 0) is 61.7 Å². The number of carbonyl (C=O) groups is 1. The highest BCUT2D eigenvalue weighted by molar-refractivity contribution is 7.92. The van der Waals surface area contributed by atoms with Crippen molar-refractivity contribution in [3.63, 3.8) is 0 Å². The van der Waals surface area contributed by atoms with Gasteiger partial charge in [0.15, 0.2) is 0 Å². The maximum Gasteiger partial charge on any atom is 0.261 e. The molecule has 2 heterocycles. The molecule has 1 saturated carbocycles. The van der Waals surface area contributed by atoms with E-state index in [9.17, 15) is 22.7 Å². The van der Waals surface area contributed by atoms with E-state index in [1.54, 1.807) is 18.2 Å². The summed E-state index contributed by atoms with van der Waals surface area (Å²) in [5.41, 5.74) is 1.15. The van der Waals surface area contributed by atoms with Crippen molar-refractivity contribution in [2.24, 2.45) is 0 Å². The summed E-state index contributed by atoms with van der Waals surface area (Å²) in [6.07, 6.45) is 4.77. The summed E-state index contributed by atoms with van der Waals surface area (Å²) in [6.45, 7) is -0.250. The number of carbonyl (C=O) groups excluding carboxylic acids is 1. The fourth-order valence-electron chi connectivity index (χ4n) is 5.52. The molecule has 1 aliphatic carbocycles. The van der Waals surface area contributed by atoms with E-state index in [-0.39, 0.29) is 41.9 Å². The third-order valence-electron chi connectivity index (χ3n) is 7.26. The summed E-state index contributed by atoms with van der Waals surface area (Å²) >= 11 is 0. The number of hydrogen-bond donors (Lipinski definition) is 3. The number of ether oxygens (including phenoxy) is 2. The maximum atomic E-state index is 13.2. The number of nitrogens with one attached hydrogen (secondary N) is 2. The van der Waals surface area contributed by atoms with Gasteiger partial charge in [-0.25, -0.2) is 12.8 Å². The maximum absolute atomic E-state index is 13.2. The molecule has 194 valence electrons. The van der Waals surface area contributed by atoms with Crippen LogP contribution >= 0.6 is 0 Å². The van der Waals surface area contributed by atoms with Crippen LogP contribution in [0.25, 0.3) is 0 Å². The minimum absolute atomic E-state index is 0.0472. The Bertz CT molecular complexity index is 1200. The van der Waals surface area contributed by atoms with Crippen LogP contribution in [-0.4, -0.2) is 50.4 Å². The zero-order valence-corrected chi connectivity index (χ0v) is 20.7. The lowest BCUT2D eigenvalue weighted by molar-refractivity contribution is -0.142. The summed E-state index contributed by atoms with van der Waals surface area (Å²) in [6, 6.07) is 9.82. The number of aliphatic hydroxyl groups excluding tert-OH is 1. The average Bonchev–Trinajstić information content (AvgIpc) is 3.22. The fourth-order valence-corrected chi connectivity index (χ4v) is 6.57. The molecule has 0 radical (unpaired) electrons. The van der Waals surface area contributed by atoms with Crippen LogP contribution in [0.4, 0.5) is 10.1 Å². The number of hydrogen-bond acceptors (Lipinski definition) is 6. The lowest BCUT2D eigenvalue weighted by Gasteiger charge is -2.37. The molecule has 2 aromatic rings. The number of anilines is 1. The summed E-state index contributed by atoms with van der Waals surface area (Å²) in [4.78, 5) is 12.6. The Hall–Kier alpha value is -2.69. The number of aliphatic hydroxyl groups is 1. The van der Waals surface area contributed by atoms with E-state index in [2.05, 4.69) is 10.0 Å². The molecule has 1 saturated heterocycles. The summed E-state index contributed by atoms with van der Waals surface area (Å²) in [5.74, 6) is -0.130. The van der Waals surface area contributed by atoms with Crippen LogP contribution in [0.5, 0.6) is 5.75 Å². The molecule has 0 unspecified atom stereocenters. The van der Waals surface area contributed by atoms with Crippen LogP contribution in [0.2, 0.25) is 0 Å². The Kier molecular flexibility index (Phi) is 7.18. The van der Waals surface area contributed by atoms with Crippen LogP contribution < -0.4 is 14.8 Å². The van der Waals surface area contributed by atoms with Crippen molar-refractivity contribution in [1.29, 1.82) is 0 Å². The molecule has 5 rings (SSSR count). The highest BCUT2D eigenvalue weighted by Crippen LogP contribution is 2.47. The molecule has 2 fully saturated rings. The van der Waals surface area contributed by atoms with Crippen molar-refractivity contribution in [2.75, 3.05) is 11.3 Å². The van der Waals surface area contributed by atoms with Gasteiger partial charge < -0.3 is 19.9 Å². The van der Waals surface area contributed by atoms with Crippen molar-refractivity contribution >= 4 is 21.6 Å². The minimum atomic E-state index is -3.91. The van der Waals surface area contributed by atoms with Crippen molar-refractivity contribution in [3.05, 3.63) is 53.8 Å². The van der Waals surface area contributed by atoms with Crippen LogP contribution in [0, 0.1) is 5.82 Å². The van der Waals surface area contributed by atoms with Gasteiger partial charge in [0.2, 0.25) is 5.91 Å². The number of fused-ring (bicyclic) bond motifs is 3. The molecule has 0 aromatic heterocycles.